The molecule has 7 rings (SSSR count). The van der Waals surface area contributed by atoms with E-state index >= 15 is 0 Å². The van der Waals surface area contributed by atoms with E-state index in [0.29, 0.717) is 0 Å². The largest absolute Gasteiger partial charge is 0.378 e. The summed E-state index contributed by atoms with van der Waals surface area (Å²) in [7, 11) is 0. The molecule has 0 radical (unpaired) electrons. The highest BCUT2D eigenvalue weighted by Gasteiger charge is 2.50. The van der Waals surface area contributed by atoms with Gasteiger partial charge in [0.15, 0.2) is 0 Å². The molecule has 0 fully saturated rings. The molecule has 0 unspecified atom stereocenters. The van der Waals surface area contributed by atoms with E-state index in [1.807, 2.05) is 36.4 Å². The second kappa shape index (κ2) is 9.45. The van der Waals surface area contributed by atoms with Gasteiger partial charge in [0.05, 0.1) is 5.54 Å². The zero-order chi connectivity index (χ0) is 27.3. The van der Waals surface area contributed by atoms with E-state index in [9.17, 15) is 5.11 Å². The van der Waals surface area contributed by atoms with E-state index in [0.717, 1.165) is 24.2 Å². The third-order valence-corrected chi connectivity index (χ3v) is 9.06. The van der Waals surface area contributed by atoms with Crippen LogP contribution in [-0.2, 0) is 18.7 Å². The summed E-state index contributed by atoms with van der Waals surface area (Å²) < 4.78 is 0. The van der Waals surface area contributed by atoms with Gasteiger partial charge in [0.25, 0.3) is 0 Å². The molecule has 2 heteroatoms. The van der Waals surface area contributed by atoms with Crippen LogP contribution in [0.5, 0.6) is 0 Å². The van der Waals surface area contributed by atoms with E-state index < -0.39 is 11.1 Å². The molecule has 1 N–H and O–H groups in total. The summed E-state index contributed by atoms with van der Waals surface area (Å²) in [4.78, 5) is 2.47. The third kappa shape index (κ3) is 3.71. The number of rotatable bonds is 4. The molecule has 0 aliphatic carbocycles. The van der Waals surface area contributed by atoms with Crippen molar-refractivity contribution >= 4 is 21.5 Å². The Morgan fingerprint density at radius 2 is 0.900 bits per heavy atom. The van der Waals surface area contributed by atoms with Crippen LogP contribution in [0, 0.1) is 0 Å². The van der Waals surface area contributed by atoms with E-state index in [1.165, 1.54) is 43.8 Å². The Hall–Kier alpha value is -4.24. The smallest absolute Gasteiger partial charge is 0.132 e. The predicted octanol–water partition coefficient (Wildman–Crippen LogP) is 8.69. The number of fused-ring (bicyclic) bond motifs is 7. The Morgan fingerprint density at radius 3 is 1.35 bits per heavy atom. The lowest BCUT2D eigenvalue weighted by Crippen LogP contribution is -2.58. The molecule has 1 aliphatic rings. The number of hydrogen-bond acceptors (Lipinski definition) is 2. The Kier molecular flexibility index (Phi) is 5.85. The lowest BCUT2D eigenvalue weighted by atomic mass is 9.71. The minimum absolute atomic E-state index is 0.661. The first-order chi connectivity index (χ1) is 19.5. The first kappa shape index (κ1) is 24.8. The molecule has 0 spiro atoms. The lowest BCUT2D eigenvalue weighted by Gasteiger charge is -2.50. The molecular formula is C38H33NO. The van der Waals surface area contributed by atoms with Crippen LogP contribution in [0.25, 0.3) is 32.7 Å². The van der Waals surface area contributed by atoms with Crippen molar-refractivity contribution in [3.05, 3.63) is 156 Å². The van der Waals surface area contributed by atoms with Crippen LogP contribution in [-0.4, -0.2) is 15.5 Å². The molecule has 0 atom stereocenters. The van der Waals surface area contributed by atoms with Crippen LogP contribution in [0.2, 0.25) is 0 Å². The summed E-state index contributed by atoms with van der Waals surface area (Å²) in [5, 5.41) is 18.0. The highest BCUT2D eigenvalue weighted by Crippen LogP contribution is 2.48. The summed E-state index contributed by atoms with van der Waals surface area (Å²) in [6, 6.07) is 46.8. The molecule has 6 aromatic rings. The zero-order valence-electron chi connectivity index (χ0n) is 23.0. The van der Waals surface area contributed by atoms with Crippen LogP contribution >= 0.6 is 0 Å². The Balaban J connectivity index is 1.49. The van der Waals surface area contributed by atoms with Gasteiger partial charge in [0.2, 0.25) is 0 Å². The van der Waals surface area contributed by atoms with Gasteiger partial charge >= 0.3 is 0 Å². The number of benzene rings is 6. The second-order valence-corrected chi connectivity index (χ2v) is 11.5. The Labute approximate surface area is 236 Å². The van der Waals surface area contributed by atoms with Crippen LogP contribution in [0.3, 0.4) is 0 Å². The number of hydrogen-bond donors (Lipinski definition) is 1. The van der Waals surface area contributed by atoms with Crippen molar-refractivity contribution in [3.63, 3.8) is 0 Å². The van der Waals surface area contributed by atoms with Gasteiger partial charge in [-0.25, -0.2) is 0 Å². The Morgan fingerprint density at radius 1 is 0.500 bits per heavy atom. The summed E-state index contributed by atoms with van der Waals surface area (Å²) in [5.74, 6) is 0. The molecule has 1 heterocycles. The maximum Gasteiger partial charge on any atom is 0.132 e. The molecule has 0 amide bonds. The minimum Gasteiger partial charge on any atom is -0.378 e. The van der Waals surface area contributed by atoms with Crippen molar-refractivity contribution in [2.24, 2.45) is 0 Å². The average Bonchev–Trinajstić information content (AvgIpc) is 3.19. The fourth-order valence-electron chi connectivity index (χ4n) is 6.81. The molecule has 0 bridgehead atoms. The normalized spacial score (nSPS) is 14.1. The fraction of sp³-hybridized carbons (Fsp3) is 0.158. The van der Waals surface area contributed by atoms with Gasteiger partial charge in [-0.2, -0.15) is 0 Å². The average molecular weight is 520 g/mol. The predicted molar refractivity (Wildman–Crippen MR) is 166 cm³/mol. The quantitative estimate of drug-likeness (QED) is 0.252. The van der Waals surface area contributed by atoms with Crippen LogP contribution in [0.15, 0.2) is 133 Å². The van der Waals surface area contributed by atoms with Gasteiger partial charge in [0, 0.05) is 13.1 Å². The first-order valence-corrected chi connectivity index (χ1v) is 14.1. The van der Waals surface area contributed by atoms with Gasteiger partial charge in [-0.1, -0.05) is 133 Å². The molecular weight excluding hydrogens is 486 g/mol. The SMILES string of the molecule is CC(C)(N1Cc2ccc3ccccc3c2-c2c(ccc3ccccc23)C1)C(O)(c1ccccc1)c1ccccc1. The molecule has 2 nitrogen and oxygen atoms in total. The maximum atomic E-state index is 12.9. The third-order valence-electron chi connectivity index (χ3n) is 9.06. The number of aliphatic hydroxyl groups is 1. The molecule has 0 saturated heterocycles. The standard InChI is InChI=1S/C38H33NO/c1-37(2,38(40,31-15-5-3-6-16-31)32-17-7-4-8-18-32)39-25-29-23-21-27-13-9-11-19-33(27)35(29)36-30(26-39)24-22-28-14-10-12-20-34(28)36/h3-24,40H,25-26H2,1-2H3. The van der Waals surface area contributed by atoms with Crippen molar-refractivity contribution in [3.8, 4) is 11.1 Å². The van der Waals surface area contributed by atoms with Crippen LogP contribution < -0.4 is 0 Å². The summed E-state index contributed by atoms with van der Waals surface area (Å²) in [6.45, 7) is 5.83. The topological polar surface area (TPSA) is 23.5 Å². The summed E-state index contributed by atoms with van der Waals surface area (Å²) in [6.07, 6.45) is 0. The van der Waals surface area contributed by atoms with Gasteiger partial charge < -0.3 is 5.11 Å². The maximum absolute atomic E-state index is 12.9. The first-order valence-electron chi connectivity index (χ1n) is 14.1. The zero-order valence-corrected chi connectivity index (χ0v) is 23.0. The fourth-order valence-corrected chi connectivity index (χ4v) is 6.81. The van der Waals surface area contributed by atoms with Crippen molar-refractivity contribution in [2.45, 2.75) is 38.1 Å². The van der Waals surface area contributed by atoms with Gasteiger partial charge in [-0.05, 0) is 68.8 Å². The van der Waals surface area contributed by atoms with E-state index in [1.54, 1.807) is 0 Å². The van der Waals surface area contributed by atoms with E-state index in [-0.39, 0.29) is 0 Å². The van der Waals surface area contributed by atoms with Gasteiger partial charge in [0.1, 0.15) is 5.60 Å². The highest BCUT2D eigenvalue weighted by molar-refractivity contribution is 6.08. The molecule has 1 aliphatic heterocycles. The van der Waals surface area contributed by atoms with Crippen molar-refractivity contribution < 1.29 is 5.11 Å². The highest BCUT2D eigenvalue weighted by atomic mass is 16.3. The monoisotopic (exact) mass is 519 g/mol. The minimum atomic E-state index is -1.24. The van der Waals surface area contributed by atoms with Gasteiger partial charge in [-0.3, -0.25) is 4.90 Å². The molecule has 6 aromatic carbocycles. The van der Waals surface area contributed by atoms with E-state index in [2.05, 4.69) is 116 Å². The van der Waals surface area contributed by atoms with Crippen LogP contribution in [0.4, 0.5) is 0 Å². The van der Waals surface area contributed by atoms with Crippen molar-refractivity contribution in [2.75, 3.05) is 0 Å². The molecule has 0 aromatic heterocycles. The van der Waals surface area contributed by atoms with Crippen LogP contribution in [0.1, 0.15) is 36.1 Å². The molecule has 196 valence electrons. The second-order valence-electron chi connectivity index (χ2n) is 11.5. The van der Waals surface area contributed by atoms with Crippen molar-refractivity contribution in [1.82, 2.24) is 4.90 Å². The molecule has 40 heavy (non-hydrogen) atoms. The Bertz CT molecular complexity index is 1710. The van der Waals surface area contributed by atoms with E-state index in [4.69, 9.17) is 0 Å². The summed E-state index contributed by atoms with van der Waals surface area (Å²) >= 11 is 0. The molecule has 0 saturated carbocycles. The van der Waals surface area contributed by atoms with Gasteiger partial charge in [-0.15, -0.1) is 0 Å². The number of nitrogens with zero attached hydrogens (tertiary/aromatic N) is 1. The lowest BCUT2D eigenvalue weighted by molar-refractivity contribution is -0.0821. The van der Waals surface area contributed by atoms with Crippen molar-refractivity contribution in [1.29, 1.82) is 0 Å². The summed E-state index contributed by atoms with van der Waals surface area (Å²) in [5.41, 5.74) is 5.08.